The molecule has 7 heteroatoms. The zero-order valence-electron chi connectivity index (χ0n) is 8.56. The molecule has 2 aromatic rings. The molecule has 0 atom stereocenters. The number of anilines is 1. The second-order valence-electron chi connectivity index (χ2n) is 3.31. The van der Waals surface area contributed by atoms with Crippen LogP contribution in [-0.2, 0) is 6.54 Å². The van der Waals surface area contributed by atoms with Crippen LogP contribution in [0.3, 0.4) is 0 Å². The van der Waals surface area contributed by atoms with E-state index in [0.29, 0.717) is 15.9 Å². The largest absolute Gasteiger partial charge is 0.366 e. The van der Waals surface area contributed by atoms with Crippen molar-refractivity contribution >= 4 is 21.9 Å². The van der Waals surface area contributed by atoms with E-state index in [4.69, 9.17) is 11.0 Å². The summed E-state index contributed by atoms with van der Waals surface area (Å²) < 4.78 is 15.0. The molecule has 1 aromatic heterocycles. The normalized spacial score (nSPS) is 10.2. The van der Waals surface area contributed by atoms with Crippen LogP contribution in [0.25, 0.3) is 0 Å². The van der Waals surface area contributed by atoms with Crippen LogP contribution < -0.4 is 5.73 Å². The molecule has 0 saturated carbocycles. The minimum absolute atomic E-state index is 0.117. The van der Waals surface area contributed by atoms with Crippen molar-refractivity contribution in [1.82, 2.24) is 14.8 Å². The van der Waals surface area contributed by atoms with E-state index in [0.717, 1.165) is 0 Å². The lowest BCUT2D eigenvalue weighted by atomic mass is 10.1. The van der Waals surface area contributed by atoms with Gasteiger partial charge in [0.15, 0.2) is 4.73 Å². The first-order valence-corrected chi connectivity index (χ1v) is 5.44. The Hall–Kier alpha value is -1.94. The molecular formula is C10H7BrFN5. The number of benzene rings is 1. The van der Waals surface area contributed by atoms with Gasteiger partial charge in [0.2, 0.25) is 5.95 Å². The zero-order chi connectivity index (χ0) is 12.4. The Kier molecular flexibility index (Phi) is 3.06. The van der Waals surface area contributed by atoms with Crippen molar-refractivity contribution < 1.29 is 4.39 Å². The second-order valence-corrected chi connectivity index (χ2v) is 4.02. The second kappa shape index (κ2) is 4.51. The van der Waals surface area contributed by atoms with Crippen LogP contribution in [0.5, 0.6) is 0 Å². The highest BCUT2D eigenvalue weighted by Crippen LogP contribution is 2.15. The molecule has 0 fully saturated rings. The van der Waals surface area contributed by atoms with E-state index in [1.165, 1.54) is 22.9 Å². The van der Waals surface area contributed by atoms with Gasteiger partial charge in [-0.25, -0.2) is 9.07 Å². The standard InChI is InChI=1S/C10H7BrFN5/c11-9-15-10(14)16-17(9)5-7-3-8(12)2-1-6(7)4-13/h1-3H,5H2,(H2,14,16). The van der Waals surface area contributed by atoms with Gasteiger partial charge in [-0.3, -0.25) is 0 Å². The summed E-state index contributed by atoms with van der Waals surface area (Å²) in [6.07, 6.45) is 0. The summed E-state index contributed by atoms with van der Waals surface area (Å²) in [6, 6.07) is 5.96. The van der Waals surface area contributed by atoms with Crippen LogP contribution in [0.15, 0.2) is 22.9 Å². The molecule has 17 heavy (non-hydrogen) atoms. The van der Waals surface area contributed by atoms with E-state index in [-0.39, 0.29) is 12.5 Å². The highest BCUT2D eigenvalue weighted by Gasteiger charge is 2.09. The number of nitriles is 1. The predicted molar refractivity (Wildman–Crippen MR) is 62.4 cm³/mol. The van der Waals surface area contributed by atoms with E-state index in [9.17, 15) is 4.39 Å². The van der Waals surface area contributed by atoms with Crippen molar-refractivity contribution in [2.75, 3.05) is 5.73 Å². The van der Waals surface area contributed by atoms with Crippen molar-refractivity contribution in [2.24, 2.45) is 0 Å². The molecule has 2 rings (SSSR count). The molecule has 1 aromatic carbocycles. The number of rotatable bonds is 2. The van der Waals surface area contributed by atoms with Gasteiger partial charge < -0.3 is 5.73 Å². The van der Waals surface area contributed by atoms with Gasteiger partial charge in [-0.2, -0.15) is 10.2 Å². The van der Waals surface area contributed by atoms with E-state index in [2.05, 4.69) is 26.0 Å². The molecule has 0 unspecified atom stereocenters. The maximum absolute atomic E-state index is 13.1. The Morgan fingerprint density at radius 3 is 2.88 bits per heavy atom. The molecule has 0 spiro atoms. The molecule has 0 bridgehead atoms. The Morgan fingerprint density at radius 2 is 2.29 bits per heavy atom. The third-order valence-corrected chi connectivity index (χ3v) is 2.74. The Bertz CT molecular complexity index is 601. The average Bonchev–Trinajstić information content (AvgIpc) is 2.58. The molecular weight excluding hydrogens is 289 g/mol. The summed E-state index contributed by atoms with van der Waals surface area (Å²) >= 11 is 3.17. The molecule has 1 heterocycles. The van der Waals surface area contributed by atoms with Crippen LogP contribution in [0, 0.1) is 17.1 Å². The molecule has 0 amide bonds. The average molecular weight is 296 g/mol. The van der Waals surface area contributed by atoms with Gasteiger partial charge in [0.25, 0.3) is 0 Å². The first-order valence-electron chi connectivity index (χ1n) is 4.64. The van der Waals surface area contributed by atoms with Gasteiger partial charge in [-0.05, 0) is 39.7 Å². The summed E-state index contributed by atoms with van der Waals surface area (Å²) in [5.74, 6) is -0.282. The lowest BCUT2D eigenvalue weighted by Gasteiger charge is -2.04. The minimum atomic E-state index is -0.400. The Balaban J connectivity index is 2.39. The number of nitrogens with two attached hydrogens (primary N) is 1. The van der Waals surface area contributed by atoms with Crippen molar-refractivity contribution in [2.45, 2.75) is 6.54 Å². The van der Waals surface area contributed by atoms with Gasteiger partial charge in [-0.1, -0.05) is 0 Å². The predicted octanol–water partition coefficient (Wildman–Crippen LogP) is 1.68. The molecule has 86 valence electrons. The van der Waals surface area contributed by atoms with Gasteiger partial charge in [-0.15, -0.1) is 5.10 Å². The summed E-state index contributed by atoms with van der Waals surface area (Å²) in [5.41, 5.74) is 6.34. The number of nitrogens with zero attached hydrogens (tertiary/aromatic N) is 4. The lowest BCUT2D eigenvalue weighted by Crippen LogP contribution is -2.05. The first kappa shape index (κ1) is 11.5. The third-order valence-electron chi connectivity index (χ3n) is 2.15. The maximum atomic E-state index is 13.1. The molecule has 5 nitrogen and oxygen atoms in total. The fourth-order valence-corrected chi connectivity index (χ4v) is 1.79. The van der Waals surface area contributed by atoms with Gasteiger partial charge >= 0.3 is 0 Å². The van der Waals surface area contributed by atoms with Crippen molar-refractivity contribution in [3.8, 4) is 6.07 Å². The maximum Gasteiger partial charge on any atom is 0.240 e. The monoisotopic (exact) mass is 295 g/mol. The van der Waals surface area contributed by atoms with Crippen LogP contribution in [0.1, 0.15) is 11.1 Å². The van der Waals surface area contributed by atoms with Crippen LogP contribution in [0.2, 0.25) is 0 Å². The molecule has 2 N–H and O–H groups in total. The summed E-state index contributed by atoms with van der Waals surface area (Å²) in [5, 5.41) is 12.8. The Labute approximate surface area is 105 Å². The number of hydrogen-bond acceptors (Lipinski definition) is 4. The van der Waals surface area contributed by atoms with E-state index in [1.54, 1.807) is 0 Å². The minimum Gasteiger partial charge on any atom is -0.366 e. The van der Waals surface area contributed by atoms with Crippen molar-refractivity contribution in [1.29, 1.82) is 5.26 Å². The van der Waals surface area contributed by atoms with E-state index < -0.39 is 5.82 Å². The van der Waals surface area contributed by atoms with E-state index in [1.807, 2.05) is 6.07 Å². The number of nitrogen functional groups attached to an aromatic ring is 1. The molecule has 0 saturated heterocycles. The molecule has 0 aliphatic carbocycles. The highest BCUT2D eigenvalue weighted by atomic mass is 79.9. The number of halogens is 2. The van der Waals surface area contributed by atoms with Crippen LogP contribution in [-0.4, -0.2) is 14.8 Å². The topological polar surface area (TPSA) is 80.5 Å². The summed E-state index contributed by atoms with van der Waals surface area (Å²) in [4.78, 5) is 3.85. The van der Waals surface area contributed by atoms with Gasteiger partial charge in [0.05, 0.1) is 18.2 Å². The fourth-order valence-electron chi connectivity index (χ4n) is 1.40. The van der Waals surface area contributed by atoms with Crippen LogP contribution in [0.4, 0.5) is 10.3 Å². The third kappa shape index (κ3) is 2.42. The Morgan fingerprint density at radius 1 is 1.53 bits per heavy atom. The van der Waals surface area contributed by atoms with Gasteiger partial charge in [0, 0.05) is 0 Å². The highest BCUT2D eigenvalue weighted by molar-refractivity contribution is 9.10. The lowest BCUT2D eigenvalue weighted by molar-refractivity contribution is 0.616. The van der Waals surface area contributed by atoms with Crippen molar-refractivity contribution in [3.63, 3.8) is 0 Å². The van der Waals surface area contributed by atoms with Crippen LogP contribution >= 0.6 is 15.9 Å². The quantitative estimate of drug-likeness (QED) is 0.914. The smallest absolute Gasteiger partial charge is 0.240 e. The van der Waals surface area contributed by atoms with Gasteiger partial charge in [0.1, 0.15) is 5.82 Å². The first-order chi connectivity index (χ1) is 8.10. The zero-order valence-corrected chi connectivity index (χ0v) is 10.1. The summed E-state index contributed by atoms with van der Waals surface area (Å²) in [7, 11) is 0. The molecule has 0 radical (unpaired) electrons. The van der Waals surface area contributed by atoms with Crippen molar-refractivity contribution in [3.05, 3.63) is 39.9 Å². The number of aromatic nitrogens is 3. The fraction of sp³-hybridized carbons (Fsp3) is 0.100. The molecule has 0 aliphatic rings. The SMILES string of the molecule is N#Cc1ccc(F)cc1Cn1nc(N)nc1Br. The number of hydrogen-bond donors (Lipinski definition) is 1. The summed E-state index contributed by atoms with van der Waals surface area (Å²) in [6.45, 7) is 0.228. The molecule has 0 aliphatic heterocycles. The van der Waals surface area contributed by atoms with E-state index >= 15 is 0 Å².